The van der Waals surface area contributed by atoms with Gasteiger partial charge < -0.3 is 10.4 Å². The summed E-state index contributed by atoms with van der Waals surface area (Å²) in [5.41, 5.74) is 0.538. The highest BCUT2D eigenvalue weighted by Gasteiger charge is 2.54. The van der Waals surface area contributed by atoms with Crippen molar-refractivity contribution in [1.82, 2.24) is 5.32 Å². The van der Waals surface area contributed by atoms with Crippen molar-refractivity contribution in [2.24, 2.45) is 17.8 Å². The monoisotopic (exact) mass is 311 g/mol. The number of hydrogen-bond donors (Lipinski definition) is 2. The number of carbonyl (C=O) groups excluding carboxylic acids is 1. The standard InChI is InChI=1S/C16H19ClFNO2/c17-12-6-5-9(7-13(12)18)14(8-20)19-16(21)15-10-3-1-2-4-11(10)15/h5-7,10-11,14-15,20H,1-4,8H2,(H,19,21). The van der Waals surface area contributed by atoms with Crippen LogP contribution in [-0.2, 0) is 4.79 Å². The SMILES string of the molecule is O=C(NC(CO)c1ccc(Cl)c(F)c1)C1C2CCCCC21. The van der Waals surface area contributed by atoms with Gasteiger partial charge in [0.05, 0.1) is 17.7 Å². The van der Waals surface area contributed by atoms with Gasteiger partial charge >= 0.3 is 0 Å². The first kappa shape index (κ1) is 14.8. The summed E-state index contributed by atoms with van der Waals surface area (Å²) >= 11 is 5.65. The molecule has 2 saturated carbocycles. The Morgan fingerprint density at radius 2 is 2.05 bits per heavy atom. The maximum Gasteiger partial charge on any atom is 0.224 e. The predicted octanol–water partition coefficient (Wildman–Crippen LogP) is 3.06. The minimum atomic E-state index is -0.577. The van der Waals surface area contributed by atoms with Crippen LogP contribution < -0.4 is 5.32 Å². The van der Waals surface area contributed by atoms with Crippen molar-refractivity contribution in [3.05, 3.63) is 34.6 Å². The van der Waals surface area contributed by atoms with Crippen molar-refractivity contribution in [3.8, 4) is 0 Å². The van der Waals surface area contributed by atoms with E-state index in [1.54, 1.807) is 6.07 Å². The first-order valence-corrected chi connectivity index (χ1v) is 7.86. The van der Waals surface area contributed by atoms with E-state index in [0.29, 0.717) is 17.4 Å². The number of amides is 1. The fourth-order valence-corrected chi connectivity index (χ4v) is 3.73. The summed E-state index contributed by atoms with van der Waals surface area (Å²) in [4.78, 5) is 12.3. The van der Waals surface area contributed by atoms with Gasteiger partial charge in [0, 0.05) is 5.92 Å². The van der Waals surface area contributed by atoms with Crippen molar-refractivity contribution >= 4 is 17.5 Å². The maximum atomic E-state index is 13.5. The lowest BCUT2D eigenvalue weighted by molar-refractivity contribution is -0.124. The van der Waals surface area contributed by atoms with E-state index in [4.69, 9.17) is 11.6 Å². The molecule has 3 nitrogen and oxygen atoms in total. The highest BCUT2D eigenvalue weighted by Crippen LogP contribution is 2.55. The fourth-order valence-electron chi connectivity index (χ4n) is 3.61. The Kier molecular flexibility index (Phi) is 4.18. The van der Waals surface area contributed by atoms with Crippen LogP contribution in [0.25, 0.3) is 0 Å². The normalized spacial score (nSPS) is 28.6. The number of halogens is 2. The van der Waals surface area contributed by atoms with Crippen molar-refractivity contribution < 1.29 is 14.3 Å². The number of rotatable bonds is 4. The second-order valence-electron chi connectivity index (χ2n) is 6.06. The molecule has 3 atom stereocenters. The highest BCUT2D eigenvalue weighted by molar-refractivity contribution is 6.30. The summed E-state index contributed by atoms with van der Waals surface area (Å²) in [5, 5.41) is 12.4. The molecular weight excluding hydrogens is 293 g/mol. The van der Waals surface area contributed by atoms with E-state index in [1.807, 2.05) is 0 Å². The average molecular weight is 312 g/mol. The zero-order valence-corrected chi connectivity index (χ0v) is 12.4. The number of hydrogen-bond acceptors (Lipinski definition) is 2. The molecule has 21 heavy (non-hydrogen) atoms. The maximum absolute atomic E-state index is 13.5. The lowest BCUT2D eigenvalue weighted by Crippen LogP contribution is -2.32. The molecule has 2 aliphatic carbocycles. The molecule has 3 rings (SSSR count). The number of benzene rings is 1. The van der Waals surface area contributed by atoms with Gasteiger partial charge in [-0.3, -0.25) is 4.79 Å². The second kappa shape index (κ2) is 5.93. The van der Waals surface area contributed by atoms with Gasteiger partial charge in [0.15, 0.2) is 0 Å². The van der Waals surface area contributed by atoms with Gasteiger partial charge in [0.25, 0.3) is 0 Å². The topological polar surface area (TPSA) is 49.3 Å². The molecule has 114 valence electrons. The van der Waals surface area contributed by atoms with Crippen LogP contribution in [0, 0.1) is 23.6 Å². The van der Waals surface area contributed by atoms with Crippen LogP contribution in [0.3, 0.4) is 0 Å². The summed E-state index contributed by atoms with van der Waals surface area (Å²) in [7, 11) is 0. The molecule has 0 spiro atoms. The lowest BCUT2D eigenvalue weighted by atomic mass is 10.0. The van der Waals surface area contributed by atoms with E-state index >= 15 is 0 Å². The molecule has 0 aliphatic heterocycles. The molecule has 0 aromatic heterocycles. The molecule has 1 aromatic rings. The molecule has 2 aliphatic rings. The lowest BCUT2D eigenvalue weighted by Gasteiger charge is -2.17. The minimum Gasteiger partial charge on any atom is -0.394 e. The van der Waals surface area contributed by atoms with E-state index < -0.39 is 11.9 Å². The second-order valence-corrected chi connectivity index (χ2v) is 6.46. The molecule has 0 radical (unpaired) electrons. The summed E-state index contributed by atoms with van der Waals surface area (Å²) < 4.78 is 13.5. The zero-order chi connectivity index (χ0) is 15.0. The first-order chi connectivity index (χ1) is 10.1. The van der Waals surface area contributed by atoms with Crippen LogP contribution in [0.2, 0.25) is 5.02 Å². The molecular formula is C16H19ClFNO2. The number of aliphatic hydroxyl groups is 1. The molecule has 5 heteroatoms. The molecule has 0 saturated heterocycles. The van der Waals surface area contributed by atoms with Gasteiger partial charge in [0.1, 0.15) is 5.82 Å². The Morgan fingerprint density at radius 3 is 2.62 bits per heavy atom. The largest absolute Gasteiger partial charge is 0.394 e. The van der Waals surface area contributed by atoms with E-state index in [-0.39, 0.29) is 23.5 Å². The van der Waals surface area contributed by atoms with Crippen molar-refractivity contribution in [1.29, 1.82) is 0 Å². The van der Waals surface area contributed by atoms with E-state index in [0.717, 1.165) is 12.8 Å². The smallest absolute Gasteiger partial charge is 0.224 e. The van der Waals surface area contributed by atoms with Gasteiger partial charge in [-0.1, -0.05) is 30.5 Å². The Balaban J connectivity index is 1.67. The quantitative estimate of drug-likeness (QED) is 0.898. The van der Waals surface area contributed by atoms with Gasteiger partial charge in [-0.05, 0) is 42.4 Å². The van der Waals surface area contributed by atoms with Crippen molar-refractivity contribution in [3.63, 3.8) is 0 Å². The third kappa shape index (κ3) is 2.92. The zero-order valence-electron chi connectivity index (χ0n) is 11.7. The Morgan fingerprint density at radius 1 is 1.38 bits per heavy atom. The van der Waals surface area contributed by atoms with E-state index in [1.165, 1.54) is 25.0 Å². The Labute approximate surface area is 128 Å². The molecule has 0 heterocycles. The van der Waals surface area contributed by atoms with Gasteiger partial charge in [-0.15, -0.1) is 0 Å². The number of carbonyl (C=O) groups is 1. The molecule has 2 fully saturated rings. The van der Waals surface area contributed by atoms with Gasteiger partial charge in [-0.25, -0.2) is 4.39 Å². The summed E-state index contributed by atoms with van der Waals surface area (Å²) in [6.45, 7) is -0.255. The van der Waals surface area contributed by atoms with Crippen LogP contribution >= 0.6 is 11.6 Å². The van der Waals surface area contributed by atoms with Crippen LogP contribution in [0.15, 0.2) is 18.2 Å². The van der Waals surface area contributed by atoms with Crippen LogP contribution in [0.4, 0.5) is 4.39 Å². The van der Waals surface area contributed by atoms with E-state index in [2.05, 4.69) is 5.32 Å². The summed E-state index contributed by atoms with van der Waals surface area (Å²) in [6, 6.07) is 3.76. The van der Waals surface area contributed by atoms with E-state index in [9.17, 15) is 14.3 Å². The first-order valence-electron chi connectivity index (χ1n) is 7.48. The number of fused-ring (bicyclic) bond motifs is 1. The molecule has 1 aromatic carbocycles. The minimum absolute atomic E-state index is 0.0127. The summed E-state index contributed by atoms with van der Waals surface area (Å²) in [5.74, 6) is 0.557. The predicted molar refractivity (Wildman–Crippen MR) is 78.3 cm³/mol. The van der Waals surface area contributed by atoms with Crippen LogP contribution in [-0.4, -0.2) is 17.6 Å². The molecule has 1 amide bonds. The van der Waals surface area contributed by atoms with Crippen molar-refractivity contribution in [2.45, 2.75) is 31.7 Å². The molecule has 0 bridgehead atoms. The number of nitrogens with one attached hydrogen (secondary N) is 1. The Hall–Kier alpha value is -1.13. The van der Waals surface area contributed by atoms with Gasteiger partial charge in [-0.2, -0.15) is 0 Å². The third-order valence-corrected chi connectivity index (χ3v) is 5.11. The number of aliphatic hydroxyl groups excluding tert-OH is 1. The Bertz CT molecular complexity index is 539. The average Bonchev–Trinajstić information content (AvgIpc) is 3.22. The van der Waals surface area contributed by atoms with Crippen LogP contribution in [0.5, 0.6) is 0 Å². The summed E-state index contributed by atoms with van der Waals surface area (Å²) in [6.07, 6.45) is 4.66. The van der Waals surface area contributed by atoms with Crippen LogP contribution in [0.1, 0.15) is 37.3 Å². The van der Waals surface area contributed by atoms with Crippen molar-refractivity contribution in [2.75, 3.05) is 6.61 Å². The van der Waals surface area contributed by atoms with Gasteiger partial charge in [0.2, 0.25) is 5.91 Å². The third-order valence-electron chi connectivity index (χ3n) is 4.80. The fraction of sp³-hybridized carbons (Fsp3) is 0.562. The molecule has 2 N–H and O–H groups in total. The highest BCUT2D eigenvalue weighted by atomic mass is 35.5. The molecule has 3 unspecified atom stereocenters.